The number of carbonyl (C=O) groups is 2. The number of aryl methyl sites for hydroxylation is 1. The van der Waals surface area contributed by atoms with Crippen LogP contribution in [0, 0.1) is 17.0 Å². The van der Waals surface area contributed by atoms with E-state index in [-0.39, 0.29) is 5.69 Å². The van der Waals surface area contributed by atoms with E-state index in [9.17, 15) is 19.7 Å². The van der Waals surface area contributed by atoms with E-state index < -0.39 is 28.0 Å². The van der Waals surface area contributed by atoms with Crippen LogP contribution in [0.5, 0.6) is 0 Å². The Kier molecular flexibility index (Phi) is 3.60. The molecule has 0 saturated carbocycles. The lowest BCUT2D eigenvalue weighted by Gasteiger charge is -2.13. The second kappa shape index (κ2) is 4.90. The van der Waals surface area contributed by atoms with Crippen LogP contribution in [0.25, 0.3) is 0 Å². The largest absolute Gasteiger partial charge is 0.295 e. The number of nitrogens with zero attached hydrogens (tertiary/aromatic N) is 1. The van der Waals surface area contributed by atoms with Gasteiger partial charge in [-0.25, -0.2) is 0 Å². The van der Waals surface area contributed by atoms with Crippen molar-refractivity contribution < 1.29 is 14.5 Å². The van der Waals surface area contributed by atoms with Crippen LogP contribution in [0.15, 0.2) is 16.6 Å². The number of carbonyl (C=O) groups excluding carboxylic acids is 2. The Morgan fingerprint density at radius 1 is 1.37 bits per heavy atom. The molecule has 19 heavy (non-hydrogen) atoms. The molecule has 1 N–H and O–H groups in total. The molecule has 8 heteroatoms. The maximum atomic E-state index is 11.7. The van der Waals surface area contributed by atoms with Gasteiger partial charge in [0.05, 0.1) is 10.8 Å². The predicted octanol–water partition coefficient (Wildman–Crippen LogP) is 2.01. The number of halogens is 2. The zero-order valence-electron chi connectivity index (χ0n) is 9.65. The van der Waals surface area contributed by atoms with Crippen molar-refractivity contribution in [2.75, 3.05) is 0 Å². The molecule has 1 saturated heterocycles. The molecule has 1 aliphatic heterocycles. The first-order chi connectivity index (χ1) is 8.82. The first-order valence-electron chi connectivity index (χ1n) is 5.26. The maximum absolute atomic E-state index is 11.7. The number of hydrogen-bond acceptors (Lipinski definition) is 4. The van der Waals surface area contributed by atoms with E-state index in [0.29, 0.717) is 15.6 Å². The van der Waals surface area contributed by atoms with Gasteiger partial charge < -0.3 is 0 Å². The number of hydrogen-bond donors (Lipinski definition) is 1. The summed E-state index contributed by atoms with van der Waals surface area (Å²) in [6, 6.07) is 2.81. The van der Waals surface area contributed by atoms with Crippen molar-refractivity contribution in [2.45, 2.75) is 18.2 Å². The van der Waals surface area contributed by atoms with Gasteiger partial charge in [-0.3, -0.25) is 25.0 Å². The van der Waals surface area contributed by atoms with Gasteiger partial charge in [-0.15, -0.1) is 11.6 Å². The Morgan fingerprint density at radius 3 is 2.47 bits per heavy atom. The second-order valence-electron chi connectivity index (χ2n) is 4.15. The van der Waals surface area contributed by atoms with Gasteiger partial charge in [0.25, 0.3) is 5.69 Å². The summed E-state index contributed by atoms with van der Waals surface area (Å²) in [5.74, 6) is -2.07. The number of alkyl halides is 1. The number of imide groups is 1. The highest BCUT2D eigenvalue weighted by atomic mass is 79.9. The lowest BCUT2D eigenvalue weighted by molar-refractivity contribution is -0.385. The predicted molar refractivity (Wildman–Crippen MR) is 71.1 cm³/mol. The number of rotatable bonds is 2. The first kappa shape index (κ1) is 14.0. The Labute approximate surface area is 121 Å². The van der Waals surface area contributed by atoms with Crippen molar-refractivity contribution in [3.63, 3.8) is 0 Å². The number of amides is 2. The average Bonchev–Trinajstić information content (AvgIpc) is 2.54. The summed E-state index contributed by atoms with van der Waals surface area (Å²) >= 11 is 9.12. The van der Waals surface area contributed by atoms with E-state index in [1.165, 1.54) is 12.1 Å². The fourth-order valence-corrected chi connectivity index (χ4v) is 2.97. The van der Waals surface area contributed by atoms with Gasteiger partial charge in [-0.1, -0.05) is 15.9 Å². The Hall–Kier alpha value is -1.47. The van der Waals surface area contributed by atoms with Crippen LogP contribution in [0.1, 0.15) is 17.0 Å². The van der Waals surface area contributed by atoms with Crippen molar-refractivity contribution in [1.29, 1.82) is 0 Å². The molecule has 1 aliphatic rings. The lowest BCUT2D eigenvalue weighted by Crippen LogP contribution is -2.22. The third-order valence-corrected chi connectivity index (χ3v) is 4.06. The molecule has 1 heterocycles. The quantitative estimate of drug-likeness (QED) is 0.383. The molecule has 0 radical (unpaired) electrons. The van der Waals surface area contributed by atoms with Crippen molar-refractivity contribution in [3.05, 3.63) is 37.8 Å². The summed E-state index contributed by atoms with van der Waals surface area (Å²) < 4.78 is 0.510. The fraction of sp³-hybridized carbons (Fsp3) is 0.273. The fourth-order valence-electron chi connectivity index (χ4n) is 1.96. The van der Waals surface area contributed by atoms with Crippen molar-refractivity contribution >= 4 is 45.0 Å². The van der Waals surface area contributed by atoms with E-state index in [1.807, 2.05) is 0 Å². The minimum Gasteiger partial charge on any atom is -0.295 e. The SMILES string of the molecule is Cc1cc(Br)c(C2C(=O)NC(=O)C2Cl)cc1[N+](=O)[O-]. The number of nitro benzene ring substituents is 1. The molecular weight excluding hydrogens is 339 g/mol. The highest BCUT2D eigenvalue weighted by Crippen LogP contribution is 2.37. The zero-order valence-corrected chi connectivity index (χ0v) is 12.0. The highest BCUT2D eigenvalue weighted by molar-refractivity contribution is 9.10. The molecule has 2 unspecified atom stereocenters. The van der Waals surface area contributed by atoms with Crippen LogP contribution in [0.4, 0.5) is 5.69 Å². The average molecular weight is 348 g/mol. The van der Waals surface area contributed by atoms with Crippen LogP contribution in [-0.4, -0.2) is 22.1 Å². The molecule has 2 atom stereocenters. The van der Waals surface area contributed by atoms with E-state index in [2.05, 4.69) is 21.2 Å². The van der Waals surface area contributed by atoms with Crippen molar-refractivity contribution in [3.8, 4) is 0 Å². The molecule has 1 aromatic carbocycles. The summed E-state index contributed by atoms with van der Waals surface area (Å²) in [5, 5.41) is 12.0. The Balaban J connectivity index is 2.57. The normalized spacial score (nSPS) is 22.5. The molecule has 1 fully saturated rings. The molecule has 6 nitrogen and oxygen atoms in total. The minimum absolute atomic E-state index is 0.116. The molecule has 100 valence electrons. The van der Waals surface area contributed by atoms with Crippen molar-refractivity contribution in [1.82, 2.24) is 5.32 Å². The summed E-state index contributed by atoms with van der Waals surface area (Å²) in [4.78, 5) is 33.4. The van der Waals surface area contributed by atoms with Crippen LogP contribution in [-0.2, 0) is 9.59 Å². The number of benzene rings is 1. The third kappa shape index (κ3) is 2.35. The van der Waals surface area contributed by atoms with Crippen LogP contribution < -0.4 is 5.32 Å². The monoisotopic (exact) mass is 346 g/mol. The lowest BCUT2D eigenvalue weighted by atomic mass is 9.95. The molecule has 0 bridgehead atoms. The van der Waals surface area contributed by atoms with Gasteiger partial charge in [-0.05, 0) is 18.6 Å². The zero-order chi connectivity index (χ0) is 14.3. The summed E-state index contributed by atoms with van der Waals surface area (Å²) in [6.07, 6.45) is 0. The van der Waals surface area contributed by atoms with Crippen LogP contribution in [0.3, 0.4) is 0 Å². The standard InChI is InChI=1S/C11H8BrClN2O4/c1-4-2-6(12)5(3-7(4)15(18)19)8-9(13)11(17)14-10(8)16/h2-3,8-9H,1H3,(H,14,16,17). The molecule has 2 amide bonds. The van der Waals surface area contributed by atoms with Crippen molar-refractivity contribution in [2.24, 2.45) is 0 Å². The maximum Gasteiger partial charge on any atom is 0.272 e. The van der Waals surface area contributed by atoms with E-state index in [0.717, 1.165) is 0 Å². The first-order valence-corrected chi connectivity index (χ1v) is 6.49. The topological polar surface area (TPSA) is 89.3 Å². The highest BCUT2D eigenvalue weighted by Gasteiger charge is 2.42. The van der Waals surface area contributed by atoms with Gasteiger partial charge in [0.2, 0.25) is 11.8 Å². The van der Waals surface area contributed by atoms with E-state index in [4.69, 9.17) is 11.6 Å². The molecule has 1 aromatic rings. The van der Waals surface area contributed by atoms with Gasteiger partial charge in [0, 0.05) is 16.1 Å². The molecule has 0 spiro atoms. The van der Waals surface area contributed by atoms with Gasteiger partial charge in [-0.2, -0.15) is 0 Å². The second-order valence-corrected chi connectivity index (χ2v) is 5.47. The molecular formula is C11H8BrClN2O4. The molecule has 2 rings (SSSR count). The van der Waals surface area contributed by atoms with Gasteiger partial charge in [0.1, 0.15) is 5.38 Å². The van der Waals surface area contributed by atoms with Gasteiger partial charge in [0.15, 0.2) is 0 Å². The smallest absolute Gasteiger partial charge is 0.272 e. The Bertz CT molecular complexity index is 605. The summed E-state index contributed by atoms with van der Waals surface area (Å²) in [6.45, 7) is 1.59. The van der Waals surface area contributed by atoms with Crippen LogP contribution in [0.2, 0.25) is 0 Å². The van der Waals surface area contributed by atoms with E-state index in [1.54, 1.807) is 6.92 Å². The molecule has 0 aromatic heterocycles. The molecule has 0 aliphatic carbocycles. The third-order valence-electron chi connectivity index (χ3n) is 2.92. The Morgan fingerprint density at radius 2 is 2.00 bits per heavy atom. The van der Waals surface area contributed by atoms with Gasteiger partial charge >= 0.3 is 0 Å². The van der Waals surface area contributed by atoms with Crippen LogP contribution >= 0.6 is 27.5 Å². The van der Waals surface area contributed by atoms with E-state index >= 15 is 0 Å². The number of nitrogens with one attached hydrogen (secondary N) is 1. The minimum atomic E-state index is -1.06. The number of nitro groups is 1. The summed E-state index contributed by atoms with van der Waals surface area (Å²) in [5.41, 5.74) is 0.673. The summed E-state index contributed by atoms with van der Waals surface area (Å²) in [7, 11) is 0.